The molecule has 64 valence electrons. The molecule has 0 unspecified atom stereocenters. The second-order valence-corrected chi connectivity index (χ2v) is 3.20. The molecule has 0 aliphatic heterocycles. The van der Waals surface area contributed by atoms with E-state index in [0.717, 1.165) is 12.8 Å². The van der Waals surface area contributed by atoms with E-state index < -0.39 is 0 Å². The van der Waals surface area contributed by atoms with Crippen LogP contribution in [0.3, 0.4) is 0 Å². The molecular formula is C10H18O. The van der Waals surface area contributed by atoms with Crippen molar-refractivity contribution in [1.29, 1.82) is 0 Å². The predicted octanol–water partition coefficient (Wildman–Crippen LogP) is 2.52. The van der Waals surface area contributed by atoms with Gasteiger partial charge >= 0.3 is 0 Å². The number of aliphatic hydroxyl groups is 1. The van der Waals surface area contributed by atoms with Crippen LogP contribution in [-0.2, 0) is 0 Å². The van der Waals surface area contributed by atoms with Crippen molar-refractivity contribution in [1.82, 2.24) is 0 Å². The smallest absolute Gasteiger partial charge is 0.0433 e. The van der Waals surface area contributed by atoms with Gasteiger partial charge in [-0.1, -0.05) is 6.92 Å². The first kappa shape index (κ1) is 10.5. The van der Waals surface area contributed by atoms with E-state index >= 15 is 0 Å². The molecule has 0 aromatic rings. The number of rotatable bonds is 4. The van der Waals surface area contributed by atoms with Crippen molar-refractivity contribution >= 4 is 0 Å². The number of allylic oxidation sites excluding steroid dienone is 1. The summed E-state index contributed by atoms with van der Waals surface area (Å²) >= 11 is 0. The highest BCUT2D eigenvalue weighted by Crippen LogP contribution is 2.06. The van der Waals surface area contributed by atoms with Gasteiger partial charge in [-0.3, -0.25) is 0 Å². The first-order chi connectivity index (χ1) is 5.16. The third-order valence-electron chi connectivity index (χ3n) is 1.53. The molecule has 0 spiro atoms. The van der Waals surface area contributed by atoms with Gasteiger partial charge in [0.1, 0.15) is 0 Å². The van der Waals surface area contributed by atoms with Crippen molar-refractivity contribution in [3.63, 3.8) is 0 Å². The summed E-state index contributed by atoms with van der Waals surface area (Å²) in [4.78, 5) is 0. The maximum absolute atomic E-state index is 8.61. The van der Waals surface area contributed by atoms with Crippen molar-refractivity contribution in [2.45, 2.75) is 33.6 Å². The average Bonchev–Trinajstić information content (AvgIpc) is 1.87. The molecule has 0 radical (unpaired) electrons. The first-order valence-electron chi connectivity index (χ1n) is 4.16. The Bertz CT molecular complexity index is 148. The fraction of sp³-hybridized carbons (Fsp3) is 0.700. The lowest BCUT2D eigenvalue weighted by molar-refractivity contribution is 0.263. The minimum absolute atomic E-state index is 0.295. The van der Waals surface area contributed by atoms with Gasteiger partial charge in [-0.2, -0.15) is 0 Å². The van der Waals surface area contributed by atoms with Gasteiger partial charge in [-0.15, -0.1) is 5.73 Å². The predicted molar refractivity (Wildman–Crippen MR) is 48.4 cm³/mol. The summed E-state index contributed by atoms with van der Waals surface area (Å²) in [7, 11) is 0. The average molecular weight is 154 g/mol. The number of aliphatic hydroxyl groups excluding tert-OH is 1. The summed E-state index contributed by atoms with van der Waals surface area (Å²) in [5.41, 5.74) is 4.35. The summed E-state index contributed by atoms with van der Waals surface area (Å²) < 4.78 is 0. The molecule has 1 atom stereocenters. The molecule has 1 N–H and O–H groups in total. The normalized spacial score (nSPS) is 12.0. The van der Waals surface area contributed by atoms with Gasteiger partial charge in [0.15, 0.2) is 0 Å². The van der Waals surface area contributed by atoms with Gasteiger partial charge in [-0.25, -0.2) is 0 Å². The Balaban J connectivity index is 3.61. The minimum Gasteiger partial charge on any atom is -0.396 e. The van der Waals surface area contributed by atoms with Crippen LogP contribution in [0.4, 0.5) is 0 Å². The molecular weight excluding hydrogens is 136 g/mol. The summed E-state index contributed by atoms with van der Waals surface area (Å²) in [6.07, 6.45) is 3.96. The summed E-state index contributed by atoms with van der Waals surface area (Å²) in [5, 5.41) is 8.61. The minimum atomic E-state index is 0.295. The van der Waals surface area contributed by atoms with E-state index in [4.69, 9.17) is 5.11 Å². The summed E-state index contributed by atoms with van der Waals surface area (Å²) in [6.45, 7) is 6.50. The molecule has 0 saturated carbocycles. The molecule has 0 aliphatic rings. The van der Waals surface area contributed by atoms with E-state index in [9.17, 15) is 0 Å². The molecule has 1 nitrogen and oxygen atoms in total. The molecule has 0 aromatic heterocycles. The largest absolute Gasteiger partial charge is 0.396 e. The molecule has 0 amide bonds. The van der Waals surface area contributed by atoms with Crippen molar-refractivity contribution in [2.75, 3.05) is 6.61 Å². The van der Waals surface area contributed by atoms with Gasteiger partial charge in [0.05, 0.1) is 0 Å². The Morgan fingerprint density at radius 1 is 1.55 bits per heavy atom. The van der Waals surface area contributed by atoms with Crippen molar-refractivity contribution in [3.8, 4) is 0 Å². The van der Waals surface area contributed by atoms with Gasteiger partial charge in [0, 0.05) is 6.61 Å². The molecule has 11 heavy (non-hydrogen) atoms. The third-order valence-corrected chi connectivity index (χ3v) is 1.53. The number of hydrogen-bond acceptors (Lipinski definition) is 1. The third kappa shape index (κ3) is 7.38. The maximum Gasteiger partial charge on any atom is 0.0433 e. The highest BCUT2D eigenvalue weighted by atomic mass is 16.2. The van der Waals surface area contributed by atoms with Gasteiger partial charge in [0.25, 0.3) is 0 Å². The quantitative estimate of drug-likeness (QED) is 0.617. The lowest BCUT2D eigenvalue weighted by Crippen LogP contribution is -1.95. The van der Waals surface area contributed by atoms with E-state index in [0.29, 0.717) is 12.5 Å². The lowest BCUT2D eigenvalue weighted by Gasteiger charge is -2.03. The van der Waals surface area contributed by atoms with E-state index in [-0.39, 0.29) is 0 Å². The van der Waals surface area contributed by atoms with Crippen molar-refractivity contribution in [2.24, 2.45) is 5.92 Å². The molecule has 1 heteroatoms. The second-order valence-electron chi connectivity index (χ2n) is 3.20. The van der Waals surface area contributed by atoms with Gasteiger partial charge in [0.2, 0.25) is 0 Å². The fourth-order valence-corrected chi connectivity index (χ4v) is 0.802. The summed E-state index contributed by atoms with van der Waals surface area (Å²) in [6, 6.07) is 0. The van der Waals surface area contributed by atoms with Gasteiger partial charge in [-0.05, 0) is 44.3 Å². The lowest BCUT2D eigenvalue weighted by atomic mass is 10.0. The Labute approximate surface area is 69.4 Å². The highest BCUT2D eigenvalue weighted by molar-refractivity contribution is 4.94. The fourth-order valence-electron chi connectivity index (χ4n) is 0.802. The Kier molecular flexibility index (Phi) is 5.91. The van der Waals surface area contributed by atoms with Crippen LogP contribution < -0.4 is 0 Å². The maximum atomic E-state index is 8.61. The van der Waals surface area contributed by atoms with Crippen LogP contribution in [0.1, 0.15) is 33.6 Å². The van der Waals surface area contributed by atoms with Crippen molar-refractivity contribution in [3.05, 3.63) is 17.4 Å². The van der Waals surface area contributed by atoms with Crippen LogP contribution in [0.2, 0.25) is 0 Å². The van der Waals surface area contributed by atoms with Crippen LogP contribution in [0, 0.1) is 5.92 Å². The van der Waals surface area contributed by atoms with Crippen LogP contribution >= 0.6 is 0 Å². The second kappa shape index (κ2) is 6.21. The Hall–Kier alpha value is -0.520. The molecule has 0 fully saturated rings. The molecule has 0 saturated heterocycles. The van der Waals surface area contributed by atoms with E-state index in [1.54, 1.807) is 0 Å². The van der Waals surface area contributed by atoms with Gasteiger partial charge < -0.3 is 5.11 Å². The zero-order chi connectivity index (χ0) is 8.69. The van der Waals surface area contributed by atoms with E-state index in [2.05, 4.69) is 18.7 Å². The zero-order valence-corrected chi connectivity index (χ0v) is 7.72. The Morgan fingerprint density at radius 2 is 2.18 bits per heavy atom. The van der Waals surface area contributed by atoms with Crippen LogP contribution in [0.5, 0.6) is 0 Å². The number of hydrogen-bond donors (Lipinski definition) is 1. The molecule has 0 aliphatic carbocycles. The Morgan fingerprint density at radius 3 is 2.64 bits per heavy atom. The van der Waals surface area contributed by atoms with E-state index in [1.165, 1.54) is 5.57 Å². The molecule has 0 bridgehead atoms. The standard InChI is InChI=1S/C10H18O/c1-9(2)5-4-6-10(3)7-8-11/h4,10-11H,6-8H2,1-3H3/t10-/m1/s1. The van der Waals surface area contributed by atoms with Crippen LogP contribution in [0.15, 0.2) is 17.4 Å². The topological polar surface area (TPSA) is 20.2 Å². The monoisotopic (exact) mass is 154 g/mol. The van der Waals surface area contributed by atoms with Crippen LogP contribution in [0.25, 0.3) is 0 Å². The first-order valence-corrected chi connectivity index (χ1v) is 4.16. The van der Waals surface area contributed by atoms with Crippen LogP contribution in [-0.4, -0.2) is 11.7 Å². The molecule has 0 aromatic carbocycles. The highest BCUT2D eigenvalue weighted by Gasteiger charge is 1.96. The van der Waals surface area contributed by atoms with Crippen molar-refractivity contribution < 1.29 is 5.11 Å². The molecule has 0 rings (SSSR count). The SMILES string of the molecule is CC(C)=C=CC[C@@H](C)CCO. The zero-order valence-electron chi connectivity index (χ0n) is 7.72. The molecule has 0 heterocycles. The summed E-state index contributed by atoms with van der Waals surface area (Å²) in [5.74, 6) is 0.576. The van der Waals surface area contributed by atoms with E-state index in [1.807, 2.05) is 13.8 Å².